The normalized spacial score (nSPS) is 12.0. The quantitative estimate of drug-likeness (QED) is 0.588. The van der Waals surface area contributed by atoms with Crippen molar-refractivity contribution in [3.63, 3.8) is 0 Å². The summed E-state index contributed by atoms with van der Waals surface area (Å²) in [5.74, 6) is -2.10. The number of ketones is 1. The largest absolute Gasteiger partial charge is 0.492 e. The maximum absolute atomic E-state index is 12.5. The number of Topliss-reactive ketones (excluding diaryl/α,β-unsaturated/α-hetero) is 1. The topological polar surface area (TPSA) is 119 Å². The Bertz CT molecular complexity index is 1030. The molecule has 0 aliphatic carbocycles. The number of para-hydroxylation sites is 2. The zero-order valence-electron chi connectivity index (χ0n) is 17.0. The van der Waals surface area contributed by atoms with Crippen LogP contribution in [0.1, 0.15) is 31.1 Å². The van der Waals surface area contributed by atoms with Crippen molar-refractivity contribution in [1.82, 2.24) is 0 Å². The van der Waals surface area contributed by atoms with E-state index in [4.69, 9.17) is 4.74 Å². The first-order valence-corrected chi connectivity index (χ1v) is 11.0. The van der Waals surface area contributed by atoms with Crippen LogP contribution in [0.15, 0.2) is 48.5 Å². The molecule has 160 valence electrons. The SMILES string of the molecule is CCOc1ccccc1NC(=O)CS(=O)(=O)C(C)C(=O)Nc1ccc(C(C)=O)cc1. The Morgan fingerprint density at radius 1 is 1.00 bits per heavy atom. The minimum absolute atomic E-state index is 0.124. The van der Waals surface area contributed by atoms with Crippen LogP contribution in [0.4, 0.5) is 11.4 Å². The number of amides is 2. The van der Waals surface area contributed by atoms with E-state index in [1.165, 1.54) is 38.1 Å². The molecule has 9 heteroatoms. The Balaban J connectivity index is 2.02. The van der Waals surface area contributed by atoms with Gasteiger partial charge in [0.05, 0.1) is 12.3 Å². The molecule has 0 saturated carbocycles. The van der Waals surface area contributed by atoms with E-state index >= 15 is 0 Å². The van der Waals surface area contributed by atoms with Crippen LogP contribution in [0.2, 0.25) is 0 Å². The van der Waals surface area contributed by atoms with Gasteiger partial charge in [0.25, 0.3) is 0 Å². The minimum atomic E-state index is -4.06. The monoisotopic (exact) mass is 432 g/mol. The molecule has 0 fully saturated rings. The summed E-state index contributed by atoms with van der Waals surface area (Å²) in [6, 6.07) is 12.7. The molecule has 0 heterocycles. The van der Waals surface area contributed by atoms with Gasteiger partial charge in [0.1, 0.15) is 16.8 Å². The number of hydrogen-bond donors (Lipinski definition) is 2. The standard InChI is InChI=1S/C21H24N2O6S/c1-4-29-19-8-6-5-7-18(19)23-20(25)13-30(27,28)15(3)21(26)22-17-11-9-16(10-12-17)14(2)24/h5-12,15H,4,13H2,1-3H3,(H,22,26)(H,23,25). The molecule has 0 aliphatic heterocycles. The van der Waals surface area contributed by atoms with E-state index in [9.17, 15) is 22.8 Å². The predicted molar refractivity (Wildman–Crippen MR) is 115 cm³/mol. The van der Waals surface area contributed by atoms with Crippen molar-refractivity contribution >= 4 is 38.8 Å². The average Bonchev–Trinajstić information content (AvgIpc) is 2.69. The fourth-order valence-electron chi connectivity index (χ4n) is 2.54. The van der Waals surface area contributed by atoms with E-state index in [2.05, 4.69) is 10.6 Å². The maximum atomic E-state index is 12.5. The zero-order chi connectivity index (χ0) is 22.3. The zero-order valence-corrected chi connectivity index (χ0v) is 17.8. The first-order valence-electron chi connectivity index (χ1n) is 9.29. The summed E-state index contributed by atoms with van der Waals surface area (Å²) in [7, 11) is -4.06. The summed E-state index contributed by atoms with van der Waals surface area (Å²) in [5, 5.41) is 3.54. The van der Waals surface area contributed by atoms with Gasteiger partial charge in [-0.1, -0.05) is 12.1 Å². The highest BCUT2D eigenvalue weighted by molar-refractivity contribution is 7.93. The molecule has 2 rings (SSSR count). The highest BCUT2D eigenvalue weighted by Gasteiger charge is 2.30. The van der Waals surface area contributed by atoms with Gasteiger partial charge in [-0.15, -0.1) is 0 Å². The molecule has 1 atom stereocenters. The molecule has 0 spiro atoms. The van der Waals surface area contributed by atoms with Crippen LogP contribution in [-0.4, -0.2) is 43.6 Å². The lowest BCUT2D eigenvalue weighted by atomic mass is 10.1. The van der Waals surface area contributed by atoms with Crippen molar-refractivity contribution in [2.24, 2.45) is 0 Å². The summed E-state index contributed by atoms with van der Waals surface area (Å²) in [6.07, 6.45) is 0. The third-order valence-electron chi connectivity index (χ3n) is 4.26. The molecular formula is C21H24N2O6S. The Kier molecular flexibility index (Phi) is 7.71. The van der Waals surface area contributed by atoms with Gasteiger partial charge in [0.15, 0.2) is 15.6 Å². The molecule has 2 N–H and O–H groups in total. The van der Waals surface area contributed by atoms with Gasteiger partial charge in [-0.25, -0.2) is 8.42 Å². The number of rotatable bonds is 9. The van der Waals surface area contributed by atoms with E-state index < -0.39 is 32.7 Å². The lowest BCUT2D eigenvalue weighted by Crippen LogP contribution is -2.37. The van der Waals surface area contributed by atoms with E-state index in [0.29, 0.717) is 29.3 Å². The lowest BCUT2D eigenvalue weighted by Gasteiger charge is -2.14. The van der Waals surface area contributed by atoms with Gasteiger partial charge in [0.2, 0.25) is 11.8 Å². The van der Waals surface area contributed by atoms with Crippen molar-refractivity contribution in [3.8, 4) is 5.75 Å². The number of benzene rings is 2. The second-order valence-corrected chi connectivity index (χ2v) is 8.87. The first-order chi connectivity index (χ1) is 14.1. The Hall–Kier alpha value is -3.20. The van der Waals surface area contributed by atoms with Crippen molar-refractivity contribution in [3.05, 3.63) is 54.1 Å². The molecule has 1 unspecified atom stereocenters. The van der Waals surface area contributed by atoms with Crippen LogP contribution < -0.4 is 15.4 Å². The first kappa shape index (κ1) is 23.1. The fourth-order valence-corrected chi connectivity index (χ4v) is 3.61. The molecule has 0 saturated heterocycles. The van der Waals surface area contributed by atoms with E-state index in [0.717, 1.165) is 0 Å². The second-order valence-electron chi connectivity index (χ2n) is 6.55. The minimum Gasteiger partial charge on any atom is -0.492 e. The molecule has 0 aromatic heterocycles. The van der Waals surface area contributed by atoms with Gasteiger partial charge >= 0.3 is 0 Å². The van der Waals surface area contributed by atoms with Gasteiger partial charge in [-0.3, -0.25) is 14.4 Å². The smallest absolute Gasteiger partial charge is 0.242 e. The second kappa shape index (κ2) is 10.0. The molecule has 0 radical (unpaired) electrons. The average molecular weight is 432 g/mol. The third-order valence-corrected chi connectivity index (χ3v) is 6.22. The number of carbonyl (C=O) groups excluding carboxylic acids is 3. The molecule has 0 bridgehead atoms. The van der Waals surface area contributed by atoms with Gasteiger partial charge in [0, 0.05) is 11.3 Å². The summed E-state index contributed by atoms with van der Waals surface area (Å²) >= 11 is 0. The Morgan fingerprint density at radius 2 is 1.63 bits per heavy atom. The summed E-state index contributed by atoms with van der Waals surface area (Å²) in [4.78, 5) is 35.9. The highest BCUT2D eigenvalue weighted by Crippen LogP contribution is 2.23. The molecule has 2 amide bonds. The Morgan fingerprint density at radius 3 is 2.23 bits per heavy atom. The Labute approximate surface area is 175 Å². The van der Waals surface area contributed by atoms with Crippen LogP contribution in [0.5, 0.6) is 5.75 Å². The number of carbonyl (C=O) groups is 3. The van der Waals surface area contributed by atoms with Crippen LogP contribution in [0.3, 0.4) is 0 Å². The summed E-state index contributed by atoms with van der Waals surface area (Å²) in [6.45, 7) is 4.81. The summed E-state index contributed by atoms with van der Waals surface area (Å²) < 4.78 is 30.4. The molecular weight excluding hydrogens is 408 g/mol. The lowest BCUT2D eigenvalue weighted by molar-refractivity contribution is -0.115. The molecule has 0 aliphatic rings. The fraction of sp³-hybridized carbons (Fsp3) is 0.286. The van der Waals surface area contributed by atoms with Crippen molar-refractivity contribution in [2.75, 3.05) is 23.0 Å². The van der Waals surface area contributed by atoms with Crippen LogP contribution in [-0.2, 0) is 19.4 Å². The van der Waals surface area contributed by atoms with Gasteiger partial charge < -0.3 is 15.4 Å². The van der Waals surface area contributed by atoms with E-state index in [1.54, 1.807) is 31.2 Å². The third kappa shape index (κ3) is 6.15. The number of anilines is 2. The number of hydrogen-bond acceptors (Lipinski definition) is 6. The van der Waals surface area contributed by atoms with Gasteiger partial charge in [-0.05, 0) is 57.2 Å². The van der Waals surface area contributed by atoms with Crippen LogP contribution >= 0.6 is 0 Å². The van der Waals surface area contributed by atoms with Crippen LogP contribution in [0.25, 0.3) is 0 Å². The predicted octanol–water partition coefficient (Wildman–Crippen LogP) is 2.67. The number of ether oxygens (including phenoxy) is 1. The van der Waals surface area contributed by atoms with E-state index in [1.807, 2.05) is 0 Å². The molecule has 30 heavy (non-hydrogen) atoms. The van der Waals surface area contributed by atoms with E-state index in [-0.39, 0.29) is 5.78 Å². The highest BCUT2D eigenvalue weighted by atomic mass is 32.2. The van der Waals surface area contributed by atoms with Crippen molar-refractivity contribution in [1.29, 1.82) is 0 Å². The number of nitrogens with one attached hydrogen (secondary N) is 2. The molecule has 2 aromatic carbocycles. The van der Waals surface area contributed by atoms with Crippen LogP contribution in [0, 0.1) is 0 Å². The number of sulfone groups is 1. The molecule has 8 nitrogen and oxygen atoms in total. The maximum Gasteiger partial charge on any atom is 0.242 e. The molecule has 2 aromatic rings. The van der Waals surface area contributed by atoms with Crippen molar-refractivity contribution in [2.45, 2.75) is 26.0 Å². The van der Waals surface area contributed by atoms with Crippen molar-refractivity contribution < 1.29 is 27.5 Å². The van der Waals surface area contributed by atoms with Gasteiger partial charge in [-0.2, -0.15) is 0 Å². The summed E-state index contributed by atoms with van der Waals surface area (Å²) in [5.41, 5.74) is 1.17.